The van der Waals surface area contributed by atoms with E-state index in [9.17, 15) is 0 Å². The van der Waals surface area contributed by atoms with E-state index < -0.39 is 0 Å². The quantitative estimate of drug-likeness (QED) is 0.300. The Labute approximate surface area is 69.9 Å². The number of nitrogens with zero attached hydrogens (tertiary/aromatic N) is 1. The van der Waals surface area contributed by atoms with Gasteiger partial charge in [-0.3, -0.25) is 4.99 Å². The van der Waals surface area contributed by atoms with E-state index in [1.165, 1.54) is 0 Å². The van der Waals surface area contributed by atoms with Crippen LogP contribution in [0.5, 0.6) is 0 Å². The van der Waals surface area contributed by atoms with E-state index in [-0.39, 0.29) is 0 Å². The van der Waals surface area contributed by atoms with Crippen LogP contribution < -0.4 is 11.3 Å². The number of thiophene rings is 1. The van der Waals surface area contributed by atoms with Crippen molar-refractivity contribution in [3.63, 3.8) is 0 Å². The van der Waals surface area contributed by atoms with Crippen LogP contribution in [0.15, 0.2) is 21.8 Å². The number of amidine groups is 1. The Kier molecular flexibility index (Phi) is 3.07. The van der Waals surface area contributed by atoms with Crippen LogP contribution >= 0.6 is 11.3 Å². The minimum Gasteiger partial charge on any atom is -0.308 e. The smallest absolute Gasteiger partial charge is 0.143 e. The van der Waals surface area contributed by atoms with Crippen LogP contribution in [0.1, 0.15) is 12.5 Å². The summed E-state index contributed by atoms with van der Waals surface area (Å²) >= 11 is 1.63. The first kappa shape index (κ1) is 8.23. The summed E-state index contributed by atoms with van der Waals surface area (Å²) in [6, 6.07) is 1.99. The Morgan fingerprint density at radius 2 is 2.64 bits per heavy atom. The van der Waals surface area contributed by atoms with E-state index in [4.69, 9.17) is 5.84 Å². The first-order valence-corrected chi connectivity index (χ1v) is 4.36. The van der Waals surface area contributed by atoms with Crippen molar-refractivity contribution in [3.05, 3.63) is 22.4 Å². The topological polar surface area (TPSA) is 50.4 Å². The second kappa shape index (κ2) is 4.10. The summed E-state index contributed by atoms with van der Waals surface area (Å²) in [4.78, 5) is 4.17. The van der Waals surface area contributed by atoms with Crippen molar-refractivity contribution in [2.75, 3.05) is 6.54 Å². The van der Waals surface area contributed by atoms with E-state index in [1.54, 1.807) is 11.3 Å². The van der Waals surface area contributed by atoms with Gasteiger partial charge < -0.3 is 5.43 Å². The summed E-state index contributed by atoms with van der Waals surface area (Å²) in [5.41, 5.74) is 3.62. The van der Waals surface area contributed by atoms with Gasteiger partial charge in [0.05, 0.1) is 0 Å². The van der Waals surface area contributed by atoms with Crippen molar-refractivity contribution >= 4 is 17.2 Å². The van der Waals surface area contributed by atoms with Crippen LogP contribution in [0.4, 0.5) is 0 Å². The molecular formula is C7H11N3S. The molecule has 0 spiro atoms. The van der Waals surface area contributed by atoms with Crippen molar-refractivity contribution in [1.82, 2.24) is 5.43 Å². The number of aliphatic imine (C=N–C) groups is 1. The molecule has 4 heteroatoms. The van der Waals surface area contributed by atoms with Crippen molar-refractivity contribution < 1.29 is 0 Å². The second-order valence-corrected chi connectivity index (χ2v) is 2.76. The number of hydrazine groups is 1. The van der Waals surface area contributed by atoms with Gasteiger partial charge in [-0.25, -0.2) is 5.84 Å². The highest BCUT2D eigenvalue weighted by atomic mass is 32.1. The second-order valence-electron chi connectivity index (χ2n) is 1.98. The third-order valence-corrected chi connectivity index (χ3v) is 1.93. The van der Waals surface area contributed by atoms with Gasteiger partial charge in [0, 0.05) is 17.5 Å². The fraction of sp³-hybridized carbons (Fsp3) is 0.286. The molecule has 0 atom stereocenters. The van der Waals surface area contributed by atoms with E-state index in [1.807, 2.05) is 23.8 Å². The fourth-order valence-corrected chi connectivity index (χ4v) is 1.42. The average molecular weight is 169 g/mol. The van der Waals surface area contributed by atoms with Crippen LogP contribution in [0.25, 0.3) is 0 Å². The molecule has 0 bridgehead atoms. The molecule has 3 nitrogen and oxygen atoms in total. The normalized spacial score (nSPS) is 11.6. The Hall–Kier alpha value is -0.870. The first-order valence-electron chi connectivity index (χ1n) is 3.42. The van der Waals surface area contributed by atoms with Crippen LogP contribution in [0, 0.1) is 0 Å². The lowest BCUT2D eigenvalue weighted by Gasteiger charge is -2.00. The lowest BCUT2D eigenvalue weighted by molar-refractivity contribution is 0.993. The molecule has 0 fully saturated rings. The molecule has 3 N–H and O–H groups in total. The maximum absolute atomic E-state index is 5.27. The monoisotopic (exact) mass is 169 g/mol. The molecule has 1 rings (SSSR count). The number of nitrogens with two attached hydrogens (primary N) is 1. The van der Waals surface area contributed by atoms with Crippen LogP contribution in [0.3, 0.4) is 0 Å². The summed E-state index contributed by atoms with van der Waals surface area (Å²) in [5.74, 6) is 6.03. The predicted molar refractivity (Wildman–Crippen MR) is 48.7 cm³/mol. The molecule has 60 valence electrons. The van der Waals surface area contributed by atoms with Gasteiger partial charge in [-0.1, -0.05) is 0 Å². The number of nitrogens with one attached hydrogen (secondary N) is 1. The Bertz CT molecular complexity index is 228. The Balaban J connectivity index is 2.79. The minimum absolute atomic E-state index is 0.745. The molecule has 1 heterocycles. The molecule has 1 aromatic rings. The number of rotatable bonds is 2. The van der Waals surface area contributed by atoms with E-state index in [2.05, 4.69) is 10.4 Å². The molecule has 0 aliphatic heterocycles. The zero-order valence-corrected chi connectivity index (χ0v) is 7.19. The maximum atomic E-state index is 5.27. The Morgan fingerprint density at radius 1 is 1.82 bits per heavy atom. The molecule has 0 aliphatic rings. The highest BCUT2D eigenvalue weighted by Crippen LogP contribution is 2.05. The van der Waals surface area contributed by atoms with Gasteiger partial charge in [-0.2, -0.15) is 11.3 Å². The Morgan fingerprint density at radius 3 is 3.09 bits per heavy atom. The van der Waals surface area contributed by atoms with Crippen molar-refractivity contribution in [3.8, 4) is 0 Å². The van der Waals surface area contributed by atoms with Crippen molar-refractivity contribution in [1.29, 1.82) is 0 Å². The largest absolute Gasteiger partial charge is 0.308 e. The predicted octanol–water partition coefficient (Wildman–Crippen LogP) is 0.978. The maximum Gasteiger partial charge on any atom is 0.143 e. The molecule has 0 saturated heterocycles. The van der Waals surface area contributed by atoms with Gasteiger partial charge in [0.25, 0.3) is 0 Å². The summed E-state index contributed by atoms with van der Waals surface area (Å²) in [7, 11) is 0. The lowest BCUT2D eigenvalue weighted by atomic mass is 10.3. The van der Waals surface area contributed by atoms with Crippen molar-refractivity contribution in [2.24, 2.45) is 10.8 Å². The van der Waals surface area contributed by atoms with Crippen LogP contribution in [-0.4, -0.2) is 12.4 Å². The van der Waals surface area contributed by atoms with Crippen LogP contribution in [-0.2, 0) is 0 Å². The van der Waals surface area contributed by atoms with Gasteiger partial charge in [0.2, 0.25) is 0 Å². The standard InChI is InChI=1S/C7H11N3S/c1-2-9-7(10-8)6-3-4-11-5-6/h3-5H,2,8H2,1H3,(H,9,10). The minimum atomic E-state index is 0.745. The first-order chi connectivity index (χ1) is 5.38. The lowest BCUT2D eigenvalue weighted by Crippen LogP contribution is -2.30. The molecule has 0 saturated carbocycles. The third kappa shape index (κ3) is 2.03. The van der Waals surface area contributed by atoms with Gasteiger partial charge in [0.1, 0.15) is 5.84 Å². The average Bonchev–Trinajstić information content (AvgIpc) is 2.52. The summed E-state index contributed by atoms with van der Waals surface area (Å²) < 4.78 is 0. The zero-order chi connectivity index (χ0) is 8.10. The molecule has 11 heavy (non-hydrogen) atoms. The highest BCUT2D eigenvalue weighted by molar-refractivity contribution is 7.08. The number of hydrogen-bond acceptors (Lipinski definition) is 3. The molecule has 1 aromatic heterocycles. The van der Waals surface area contributed by atoms with Gasteiger partial charge in [0.15, 0.2) is 0 Å². The summed E-state index contributed by atoms with van der Waals surface area (Å²) in [5, 5.41) is 4.01. The molecular weight excluding hydrogens is 158 g/mol. The molecule has 0 aromatic carbocycles. The number of hydrogen-bond donors (Lipinski definition) is 2. The van der Waals surface area contributed by atoms with Gasteiger partial charge in [-0.15, -0.1) is 0 Å². The van der Waals surface area contributed by atoms with Crippen LogP contribution in [0.2, 0.25) is 0 Å². The SMILES string of the molecule is CCN=C(NN)c1ccsc1. The van der Waals surface area contributed by atoms with E-state index in [0.29, 0.717) is 0 Å². The molecule has 0 unspecified atom stereocenters. The molecule has 0 amide bonds. The van der Waals surface area contributed by atoms with Gasteiger partial charge in [-0.05, 0) is 18.4 Å². The van der Waals surface area contributed by atoms with E-state index >= 15 is 0 Å². The van der Waals surface area contributed by atoms with E-state index in [0.717, 1.165) is 17.9 Å². The molecule has 0 aliphatic carbocycles. The third-order valence-electron chi connectivity index (χ3n) is 1.25. The zero-order valence-electron chi connectivity index (χ0n) is 6.37. The molecule has 0 radical (unpaired) electrons. The highest BCUT2D eigenvalue weighted by Gasteiger charge is 1.98. The summed E-state index contributed by atoms with van der Waals surface area (Å²) in [6.45, 7) is 2.72. The fourth-order valence-electron chi connectivity index (χ4n) is 0.778. The summed E-state index contributed by atoms with van der Waals surface area (Å²) in [6.07, 6.45) is 0. The van der Waals surface area contributed by atoms with Gasteiger partial charge >= 0.3 is 0 Å². The van der Waals surface area contributed by atoms with Crippen molar-refractivity contribution in [2.45, 2.75) is 6.92 Å².